The lowest BCUT2D eigenvalue weighted by Crippen LogP contribution is -2.48. The number of hydrogen-bond acceptors (Lipinski definition) is 5. The lowest BCUT2D eigenvalue weighted by molar-refractivity contribution is -0.127. The van der Waals surface area contributed by atoms with Crippen molar-refractivity contribution in [2.75, 3.05) is 26.3 Å². The Balaban J connectivity index is 1.58. The van der Waals surface area contributed by atoms with Crippen LogP contribution in [0.15, 0.2) is 48.5 Å². The molecular formula is C24H27FN4O3. The fraction of sp³-hybridized carbons (Fsp3) is 0.333. The first-order chi connectivity index (χ1) is 15.5. The third-order valence-corrected chi connectivity index (χ3v) is 5.31. The largest absolute Gasteiger partial charge is 0.439 e. The number of nitrogens with one attached hydrogen (secondary N) is 1. The summed E-state index contributed by atoms with van der Waals surface area (Å²) in [6.07, 6.45) is 0.752. The maximum atomic E-state index is 13.5. The molecule has 32 heavy (non-hydrogen) atoms. The molecule has 0 spiro atoms. The molecule has 2 aromatic carbocycles. The summed E-state index contributed by atoms with van der Waals surface area (Å²) in [4.78, 5) is 12.5. The molecule has 1 fully saturated rings. The van der Waals surface area contributed by atoms with E-state index in [9.17, 15) is 9.18 Å². The van der Waals surface area contributed by atoms with Gasteiger partial charge in [0, 0.05) is 25.1 Å². The van der Waals surface area contributed by atoms with Crippen LogP contribution in [0.5, 0.6) is 11.6 Å². The minimum Gasteiger partial charge on any atom is -0.439 e. The van der Waals surface area contributed by atoms with E-state index >= 15 is 0 Å². The van der Waals surface area contributed by atoms with Crippen molar-refractivity contribution in [3.8, 4) is 17.3 Å². The van der Waals surface area contributed by atoms with E-state index in [1.54, 1.807) is 16.8 Å². The van der Waals surface area contributed by atoms with E-state index in [0.717, 1.165) is 16.8 Å². The summed E-state index contributed by atoms with van der Waals surface area (Å²) in [6, 6.07) is 13.8. The average molecular weight is 439 g/mol. The van der Waals surface area contributed by atoms with Crippen LogP contribution in [0, 0.1) is 19.7 Å². The molecule has 0 radical (unpaired) electrons. The molecule has 1 saturated heterocycles. The van der Waals surface area contributed by atoms with Crippen LogP contribution in [0.2, 0.25) is 0 Å². The van der Waals surface area contributed by atoms with E-state index in [2.05, 4.69) is 10.5 Å². The average Bonchev–Trinajstić information content (AvgIpc) is 3.08. The summed E-state index contributed by atoms with van der Waals surface area (Å²) in [5.74, 6) is 0.812. The van der Waals surface area contributed by atoms with Crippen molar-refractivity contribution in [2.24, 2.45) is 0 Å². The molecule has 3 aromatic rings. The highest BCUT2D eigenvalue weighted by molar-refractivity contribution is 5.75. The third-order valence-electron chi connectivity index (χ3n) is 5.31. The SMILES string of the molecule is Cc1cccc(Oc2c(CCC(=O)NN3CCOCC3)c(C)nn2-c2ccc(F)cc2)c1. The monoisotopic (exact) mass is 438 g/mol. The van der Waals surface area contributed by atoms with Crippen LogP contribution >= 0.6 is 0 Å². The fourth-order valence-corrected chi connectivity index (χ4v) is 3.62. The van der Waals surface area contributed by atoms with Gasteiger partial charge in [-0.15, -0.1) is 0 Å². The van der Waals surface area contributed by atoms with E-state index in [1.165, 1.54) is 12.1 Å². The predicted octanol–water partition coefficient (Wildman–Crippen LogP) is 3.72. The van der Waals surface area contributed by atoms with Gasteiger partial charge in [0.2, 0.25) is 11.8 Å². The van der Waals surface area contributed by atoms with Gasteiger partial charge in [-0.25, -0.2) is 14.1 Å². The van der Waals surface area contributed by atoms with Crippen LogP contribution in [-0.4, -0.2) is 47.0 Å². The Hall–Kier alpha value is -3.23. The number of nitrogens with zero attached hydrogens (tertiary/aromatic N) is 3. The Morgan fingerprint density at radius 3 is 2.62 bits per heavy atom. The van der Waals surface area contributed by atoms with Gasteiger partial charge in [-0.05, 0) is 62.2 Å². The van der Waals surface area contributed by atoms with Gasteiger partial charge in [-0.2, -0.15) is 5.10 Å². The van der Waals surface area contributed by atoms with Gasteiger partial charge in [-0.3, -0.25) is 10.2 Å². The second-order valence-corrected chi connectivity index (χ2v) is 7.81. The van der Waals surface area contributed by atoms with Crippen LogP contribution in [0.1, 0.15) is 23.2 Å². The molecule has 8 heteroatoms. The number of benzene rings is 2. The third kappa shape index (κ3) is 5.33. The second-order valence-electron chi connectivity index (χ2n) is 7.81. The molecule has 0 bridgehead atoms. The molecule has 0 saturated carbocycles. The number of rotatable bonds is 7. The van der Waals surface area contributed by atoms with Gasteiger partial charge in [0.15, 0.2) is 0 Å². The smallest absolute Gasteiger partial charge is 0.234 e. The number of ether oxygens (including phenoxy) is 2. The van der Waals surface area contributed by atoms with E-state index in [0.29, 0.717) is 50.0 Å². The van der Waals surface area contributed by atoms with Crippen LogP contribution in [0.3, 0.4) is 0 Å². The van der Waals surface area contributed by atoms with Crippen molar-refractivity contribution in [1.82, 2.24) is 20.2 Å². The van der Waals surface area contributed by atoms with Crippen LogP contribution in [0.4, 0.5) is 4.39 Å². The summed E-state index contributed by atoms with van der Waals surface area (Å²) in [6.45, 7) is 6.45. The molecule has 1 amide bonds. The topological polar surface area (TPSA) is 68.6 Å². The van der Waals surface area contributed by atoms with E-state index < -0.39 is 0 Å². The Labute approximate surface area is 186 Å². The van der Waals surface area contributed by atoms with Crippen molar-refractivity contribution in [1.29, 1.82) is 0 Å². The number of hydrazine groups is 1. The number of hydrogen-bond donors (Lipinski definition) is 1. The van der Waals surface area contributed by atoms with Crippen molar-refractivity contribution in [3.63, 3.8) is 0 Å². The summed E-state index contributed by atoms with van der Waals surface area (Å²) < 4.78 is 26.7. The van der Waals surface area contributed by atoms with E-state index in [-0.39, 0.29) is 18.1 Å². The summed E-state index contributed by atoms with van der Waals surface area (Å²) >= 11 is 0. The molecule has 7 nitrogen and oxygen atoms in total. The van der Waals surface area contributed by atoms with E-state index in [1.807, 2.05) is 43.1 Å². The zero-order chi connectivity index (χ0) is 22.5. The first-order valence-corrected chi connectivity index (χ1v) is 10.7. The summed E-state index contributed by atoms with van der Waals surface area (Å²) in [5.41, 5.74) is 6.29. The maximum Gasteiger partial charge on any atom is 0.234 e. The molecule has 168 valence electrons. The van der Waals surface area contributed by atoms with Crippen molar-refractivity contribution < 1.29 is 18.7 Å². The summed E-state index contributed by atoms with van der Waals surface area (Å²) in [5, 5.41) is 6.51. The van der Waals surface area contributed by atoms with Crippen molar-refractivity contribution >= 4 is 5.91 Å². The summed E-state index contributed by atoms with van der Waals surface area (Å²) in [7, 11) is 0. The zero-order valence-electron chi connectivity index (χ0n) is 18.3. The van der Waals surface area contributed by atoms with Gasteiger partial charge >= 0.3 is 0 Å². The van der Waals surface area contributed by atoms with E-state index in [4.69, 9.17) is 9.47 Å². The quantitative estimate of drug-likeness (QED) is 0.609. The minimum atomic E-state index is -0.321. The Bertz CT molecular complexity index is 1080. The van der Waals surface area contributed by atoms with Crippen LogP contribution in [-0.2, 0) is 16.0 Å². The lowest BCUT2D eigenvalue weighted by atomic mass is 10.1. The number of aromatic nitrogens is 2. The molecule has 0 aliphatic carbocycles. The molecule has 1 N–H and O–H groups in total. The first kappa shape index (κ1) is 22.0. The minimum absolute atomic E-state index is 0.0673. The van der Waals surface area contributed by atoms with Gasteiger partial charge in [0.25, 0.3) is 0 Å². The first-order valence-electron chi connectivity index (χ1n) is 10.7. The molecule has 2 heterocycles. The van der Waals surface area contributed by atoms with Gasteiger partial charge in [0.1, 0.15) is 11.6 Å². The number of morpholine rings is 1. The number of amides is 1. The van der Waals surface area contributed by atoms with Gasteiger partial charge < -0.3 is 9.47 Å². The van der Waals surface area contributed by atoms with Gasteiger partial charge in [0.05, 0.1) is 24.6 Å². The Kier molecular flexibility index (Phi) is 6.82. The molecule has 1 aliphatic rings. The molecule has 0 unspecified atom stereocenters. The molecule has 4 rings (SSSR count). The normalized spacial score (nSPS) is 14.3. The van der Waals surface area contributed by atoms with Crippen LogP contribution in [0.25, 0.3) is 5.69 Å². The highest BCUT2D eigenvalue weighted by atomic mass is 19.1. The zero-order valence-corrected chi connectivity index (χ0v) is 18.3. The molecule has 1 aromatic heterocycles. The number of aryl methyl sites for hydroxylation is 2. The highest BCUT2D eigenvalue weighted by Crippen LogP contribution is 2.32. The number of carbonyl (C=O) groups excluding carboxylic acids is 1. The maximum absolute atomic E-state index is 13.5. The number of carbonyl (C=O) groups is 1. The number of halogens is 1. The second kappa shape index (κ2) is 9.93. The Morgan fingerprint density at radius 1 is 1.16 bits per heavy atom. The van der Waals surface area contributed by atoms with Crippen molar-refractivity contribution in [2.45, 2.75) is 26.7 Å². The predicted molar refractivity (Wildman–Crippen MR) is 118 cm³/mol. The molecule has 0 atom stereocenters. The molecular weight excluding hydrogens is 411 g/mol. The lowest BCUT2D eigenvalue weighted by Gasteiger charge is -2.26. The van der Waals surface area contributed by atoms with Gasteiger partial charge in [-0.1, -0.05) is 12.1 Å². The fourth-order valence-electron chi connectivity index (χ4n) is 3.62. The standard InChI is InChI=1S/C24H27FN4O3/c1-17-4-3-5-21(16-17)32-24-22(10-11-23(30)27-28-12-14-31-15-13-28)18(2)26-29(24)20-8-6-19(25)7-9-20/h3-9,16H,10-15H2,1-2H3,(H,27,30). The van der Waals surface area contributed by atoms with Crippen LogP contribution < -0.4 is 10.2 Å². The highest BCUT2D eigenvalue weighted by Gasteiger charge is 2.21. The molecule has 1 aliphatic heterocycles. The van der Waals surface area contributed by atoms with Crippen molar-refractivity contribution in [3.05, 3.63) is 71.2 Å². The Morgan fingerprint density at radius 2 is 1.91 bits per heavy atom.